The van der Waals surface area contributed by atoms with Crippen molar-refractivity contribution in [2.45, 2.75) is 90.9 Å². The summed E-state index contributed by atoms with van der Waals surface area (Å²) in [7, 11) is 2.06. The van der Waals surface area contributed by atoms with Crippen LogP contribution >= 0.6 is 0 Å². The van der Waals surface area contributed by atoms with Crippen molar-refractivity contribution in [2.75, 3.05) is 0 Å². The summed E-state index contributed by atoms with van der Waals surface area (Å²) in [5.74, 6) is 0.734. The van der Waals surface area contributed by atoms with E-state index in [0.29, 0.717) is 0 Å². The fourth-order valence-corrected chi connectivity index (χ4v) is 3.01. The minimum Gasteiger partial charge on any atom is -0.273 e. The predicted octanol–water partition coefficient (Wildman–Crippen LogP) is 5.75. The third-order valence-electron chi connectivity index (χ3n) is 4.53. The molecule has 0 N–H and O–H groups in total. The summed E-state index contributed by atoms with van der Waals surface area (Å²) in [5.41, 5.74) is 2.86. The van der Waals surface area contributed by atoms with Crippen LogP contribution in [0.1, 0.15) is 95.2 Å². The quantitative estimate of drug-likeness (QED) is 0.471. The molecule has 1 rings (SSSR count). The van der Waals surface area contributed by atoms with Gasteiger partial charge in [-0.05, 0) is 31.2 Å². The first-order chi connectivity index (χ1) is 9.70. The van der Waals surface area contributed by atoms with Crippen molar-refractivity contribution < 1.29 is 0 Å². The molecule has 116 valence electrons. The molecule has 0 amide bonds. The van der Waals surface area contributed by atoms with Crippen LogP contribution in [0.3, 0.4) is 0 Å². The second-order valence-corrected chi connectivity index (χ2v) is 6.20. The highest BCUT2D eigenvalue weighted by molar-refractivity contribution is 5.21. The number of aryl methyl sites for hydroxylation is 1. The van der Waals surface area contributed by atoms with Gasteiger partial charge in [-0.1, -0.05) is 65.2 Å². The molecule has 2 nitrogen and oxygen atoms in total. The molecule has 0 bridgehead atoms. The van der Waals surface area contributed by atoms with Crippen molar-refractivity contribution in [3.8, 4) is 0 Å². The summed E-state index contributed by atoms with van der Waals surface area (Å²) in [6.07, 6.45) is 15.8. The van der Waals surface area contributed by atoms with Gasteiger partial charge in [0.05, 0.1) is 6.20 Å². The van der Waals surface area contributed by atoms with E-state index in [9.17, 15) is 0 Å². The van der Waals surface area contributed by atoms with Gasteiger partial charge >= 0.3 is 0 Å². The van der Waals surface area contributed by atoms with Crippen molar-refractivity contribution in [1.82, 2.24) is 9.78 Å². The van der Waals surface area contributed by atoms with Gasteiger partial charge in [0.2, 0.25) is 0 Å². The fourth-order valence-electron chi connectivity index (χ4n) is 3.01. The molecule has 0 aliphatic rings. The molecule has 1 aromatic rings. The SMILES string of the molecule is CCCCCCC(CCCCCC)c1cnn(C)c1C. The van der Waals surface area contributed by atoms with Crippen molar-refractivity contribution in [2.24, 2.45) is 7.05 Å². The molecule has 0 fully saturated rings. The van der Waals surface area contributed by atoms with Gasteiger partial charge in [0.15, 0.2) is 0 Å². The van der Waals surface area contributed by atoms with Crippen LogP contribution in [0.5, 0.6) is 0 Å². The summed E-state index contributed by atoms with van der Waals surface area (Å²) < 4.78 is 2.03. The number of aromatic nitrogens is 2. The molecule has 1 aromatic heterocycles. The van der Waals surface area contributed by atoms with Gasteiger partial charge in [-0.25, -0.2) is 0 Å². The largest absolute Gasteiger partial charge is 0.273 e. The highest BCUT2D eigenvalue weighted by Crippen LogP contribution is 2.30. The Morgan fingerprint density at radius 3 is 1.90 bits per heavy atom. The third kappa shape index (κ3) is 5.68. The first kappa shape index (κ1) is 17.3. The molecular formula is C18H34N2. The lowest BCUT2D eigenvalue weighted by Crippen LogP contribution is -2.02. The van der Waals surface area contributed by atoms with Crippen molar-refractivity contribution in [3.63, 3.8) is 0 Å². The molecule has 0 unspecified atom stereocenters. The maximum atomic E-state index is 4.44. The van der Waals surface area contributed by atoms with E-state index >= 15 is 0 Å². The molecule has 2 heteroatoms. The molecule has 1 heterocycles. The lowest BCUT2D eigenvalue weighted by molar-refractivity contribution is 0.494. The maximum Gasteiger partial charge on any atom is 0.0527 e. The second-order valence-electron chi connectivity index (χ2n) is 6.20. The minimum absolute atomic E-state index is 0.734. The average molecular weight is 278 g/mol. The zero-order valence-electron chi connectivity index (χ0n) is 14.1. The van der Waals surface area contributed by atoms with Gasteiger partial charge in [-0.15, -0.1) is 0 Å². The molecule has 0 spiro atoms. The Morgan fingerprint density at radius 1 is 0.950 bits per heavy atom. The smallest absolute Gasteiger partial charge is 0.0527 e. The standard InChI is InChI=1S/C18H34N2/c1-5-7-9-11-13-17(14-12-10-8-6-2)18-15-19-20(4)16(18)3/h15,17H,5-14H2,1-4H3. The first-order valence-corrected chi connectivity index (χ1v) is 8.69. The van der Waals surface area contributed by atoms with Crippen LogP contribution < -0.4 is 0 Å². The van der Waals surface area contributed by atoms with E-state index in [-0.39, 0.29) is 0 Å². The summed E-state index contributed by atoms with van der Waals surface area (Å²) in [6.45, 7) is 6.79. The molecule has 0 radical (unpaired) electrons. The molecule has 0 saturated carbocycles. The number of rotatable bonds is 11. The lowest BCUT2D eigenvalue weighted by atomic mass is 9.88. The van der Waals surface area contributed by atoms with E-state index in [0.717, 1.165) is 5.92 Å². The van der Waals surface area contributed by atoms with Crippen LogP contribution in [-0.4, -0.2) is 9.78 Å². The summed E-state index contributed by atoms with van der Waals surface area (Å²) in [6, 6.07) is 0. The molecule has 0 atom stereocenters. The van der Waals surface area contributed by atoms with Crippen LogP contribution in [0.2, 0.25) is 0 Å². The monoisotopic (exact) mass is 278 g/mol. The van der Waals surface area contributed by atoms with Gasteiger partial charge in [-0.3, -0.25) is 4.68 Å². The summed E-state index contributed by atoms with van der Waals surface area (Å²) in [4.78, 5) is 0. The van der Waals surface area contributed by atoms with Crippen molar-refractivity contribution in [3.05, 3.63) is 17.5 Å². The van der Waals surface area contributed by atoms with Gasteiger partial charge in [0.1, 0.15) is 0 Å². The van der Waals surface area contributed by atoms with E-state index in [1.165, 1.54) is 75.5 Å². The normalized spacial score (nSPS) is 11.4. The van der Waals surface area contributed by atoms with E-state index in [1.54, 1.807) is 0 Å². The van der Waals surface area contributed by atoms with Crippen molar-refractivity contribution >= 4 is 0 Å². The zero-order valence-corrected chi connectivity index (χ0v) is 14.1. The molecule has 0 aromatic carbocycles. The van der Waals surface area contributed by atoms with E-state index in [1.807, 2.05) is 4.68 Å². The van der Waals surface area contributed by atoms with Crippen LogP contribution in [-0.2, 0) is 7.05 Å². The zero-order chi connectivity index (χ0) is 14.8. The van der Waals surface area contributed by atoms with Gasteiger partial charge in [0.25, 0.3) is 0 Å². The van der Waals surface area contributed by atoms with Crippen LogP contribution in [0.25, 0.3) is 0 Å². The summed E-state index contributed by atoms with van der Waals surface area (Å²) >= 11 is 0. The molecule has 0 aliphatic heterocycles. The Morgan fingerprint density at radius 2 is 1.50 bits per heavy atom. The van der Waals surface area contributed by atoms with E-state index in [2.05, 4.69) is 39.1 Å². The van der Waals surface area contributed by atoms with Crippen LogP contribution in [0.15, 0.2) is 6.20 Å². The predicted molar refractivity (Wildman–Crippen MR) is 88.2 cm³/mol. The molecule has 20 heavy (non-hydrogen) atoms. The average Bonchev–Trinajstić information content (AvgIpc) is 2.78. The Bertz CT molecular complexity index is 342. The highest BCUT2D eigenvalue weighted by atomic mass is 15.3. The highest BCUT2D eigenvalue weighted by Gasteiger charge is 2.16. The van der Waals surface area contributed by atoms with Crippen LogP contribution in [0, 0.1) is 6.92 Å². The van der Waals surface area contributed by atoms with E-state index < -0.39 is 0 Å². The Balaban J connectivity index is 2.52. The van der Waals surface area contributed by atoms with Gasteiger partial charge < -0.3 is 0 Å². The van der Waals surface area contributed by atoms with Gasteiger partial charge in [-0.2, -0.15) is 5.10 Å². The Hall–Kier alpha value is -0.790. The molecule has 0 aliphatic carbocycles. The van der Waals surface area contributed by atoms with Crippen LogP contribution in [0.4, 0.5) is 0 Å². The number of nitrogens with zero attached hydrogens (tertiary/aromatic N) is 2. The number of hydrogen-bond donors (Lipinski definition) is 0. The lowest BCUT2D eigenvalue weighted by Gasteiger charge is -2.17. The number of hydrogen-bond acceptors (Lipinski definition) is 1. The minimum atomic E-state index is 0.734. The van der Waals surface area contributed by atoms with Crippen molar-refractivity contribution in [1.29, 1.82) is 0 Å². The Kier molecular flexibility index (Phi) is 8.64. The summed E-state index contributed by atoms with van der Waals surface area (Å²) in [5, 5.41) is 4.44. The fraction of sp³-hybridized carbons (Fsp3) is 0.833. The topological polar surface area (TPSA) is 17.8 Å². The van der Waals surface area contributed by atoms with Gasteiger partial charge in [0, 0.05) is 12.7 Å². The number of unbranched alkanes of at least 4 members (excludes halogenated alkanes) is 6. The Labute approximate surface area is 126 Å². The first-order valence-electron chi connectivity index (χ1n) is 8.69. The van der Waals surface area contributed by atoms with E-state index in [4.69, 9.17) is 0 Å². The molecular weight excluding hydrogens is 244 g/mol. The third-order valence-corrected chi connectivity index (χ3v) is 4.53. The second kappa shape index (κ2) is 10.0. The molecule has 0 saturated heterocycles. The maximum absolute atomic E-state index is 4.44.